The van der Waals surface area contributed by atoms with Gasteiger partial charge >= 0.3 is 0 Å². The summed E-state index contributed by atoms with van der Waals surface area (Å²) >= 11 is 1.55. The molecule has 140 valence electrons. The fourth-order valence-electron chi connectivity index (χ4n) is 3.06. The molecular weight excluding hydrogens is 342 g/mol. The van der Waals surface area contributed by atoms with Gasteiger partial charge in [0.2, 0.25) is 5.91 Å². The van der Waals surface area contributed by atoms with Crippen LogP contribution in [0.5, 0.6) is 0 Å². The number of benzene rings is 1. The lowest BCUT2D eigenvalue weighted by molar-refractivity contribution is -0.119. The number of thioether (sulfide) groups is 1. The fraction of sp³-hybridized carbons (Fsp3) is 0.524. The van der Waals surface area contributed by atoms with Gasteiger partial charge in [-0.25, -0.2) is 4.98 Å². The second-order valence-corrected chi connectivity index (χ2v) is 8.56. The van der Waals surface area contributed by atoms with Crippen LogP contribution < -0.4 is 5.32 Å². The van der Waals surface area contributed by atoms with E-state index in [2.05, 4.69) is 59.9 Å². The zero-order chi connectivity index (χ0) is 18.5. The van der Waals surface area contributed by atoms with Gasteiger partial charge in [-0.1, -0.05) is 55.9 Å². The second-order valence-electron chi connectivity index (χ2n) is 7.62. The molecule has 5 heteroatoms. The third-order valence-electron chi connectivity index (χ3n) is 4.66. The number of rotatable bonds is 9. The number of nitrogens with zero attached hydrogens (tertiary/aromatic N) is 2. The minimum absolute atomic E-state index is 0.0952. The minimum atomic E-state index is 0.0952. The minimum Gasteiger partial charge on any atom is -0.353 e. The molecule has 1 N–H and O–H groups in total. The molecule has 1 saturated carbocycles. The molecule has 2 aromatic rings. The van der Waals surface area contributed by atoms with Crippen molar-refractivity contribution in [2.45, 2.75) is 63.7 Å². The number of carbonyl (C=O) groups is 1. The average molecular weight is 372 g/mol. The Bertz CT molecular complexity index is 722. The normalized spacial score (nSPS) is 15.2. The fourth-order valence-corrected chi connectivity index (χ4v) is 3.92. The maximum atomic E-state index is 12.3. The Kier molecular flexibility index (Phi) is 6.41. The van der Waals surface area contributed by atoms with Gasteiger partial charge in [-0.05, 0) is 44.1 Å². The Hall–Kier alpha value is -1.75. The molecule has 4 nitrogen and oxygen atoms in total. The Morgan fingerprint density at radius 3 is 2.62 bits per heavy atom. The molecule has 0 spiro atoms. The van der Waals surface area contributed by atoms with Crippen molar-refractivity contribution >= 4 is 17.7 Å². The van der Waals surface area contributed by atoms with Crippen molar-refractivity contribution in [2.75, 3.05) is 5.75 Å². The van der Waals surface area contributed by atoms with Crippen molar-refractivity contribution in [2.24, 2.45) is 5.92 Å². The van der Waals surface area contributed by atoms with E-state index in [-0.39, 0.29) is 11.9 Å². The van der Waals surface area contributed by atoms with Crippen molar-refractivity contribution in [3.8, 4) is 11.3 Å². The van der Waals surface area contributed by atoms with E-state index < -0.39 is 0 Å². The maximum Gasteiger partial charge on any atom is 0.230 e. The summed E-state index contributed by atoms with van der Waals surface area (Å²) in [6.45, 7) is 6.52. The number of imidazole rings is 1. The van der Waals surface area contributed by atoms with Gasteiger partial charge in [0.15, 0.2) is 5.16 Å². The first kappa shape index (κ1) is 19.0. The van der Waals surface area contributed by atoms with E-state index in [1.165, 1.54) is 18.4 Å². The molecule has 1 atom stereocenters. The molecule has 1 unspecified atom stereocenters. The van der Waals surface area contributed by atoms with Gasteiger partial charge in [-0.3, -0.25) is 4.79 Å². The summed E-state index contributed by atoms with van der Waals surface area (Å²) < 4.78 is 2.31. The van der Waals surface area contributed by atoms with Crippen molar-refractivity contribution < 1.29 is 4.79 Å². The summed E-state index contributed by atoms with van der Waals surface area (Å²) in [5.41, 5.74) is 2.34. The molecule has 1 aromatic heterocycles. The van der Waals surface area contributed by atoms with Crippen LogP contribution in [-0.2, 0) is 4.79 Å². The van der Waals surface area contributed by atoms with Crippen molar-refractivity contribution in [3.63, 3.8) is 0 Å². The molecule has 1 aliphatic carbocycles. The summed E-state index contributed by atoms with van der Waals surface area (Å²) in [4.78, 5) is 16.9. The molecule has 1 aliphatic rings. The van der Waals surface area contributed by atoms with Gasteiger partial charge in [0.25, 0.3) is 0 Å². The zero-order valence-electron chi connectivity index (χ0n) is 15.9. The highest BCUT2D eigenvalue weighted by molar-refractivity contribution is 7.99. The lowest BCUT2D eigenvalue weighted by atomic mass is 10.0. The zero-order valence-corrected chi connectivity index (χ0v) is 16.8. The third-order valence-corrected chi connectivity index (χ3v) is 5.63. The molecule has 0 radical (unpaired) electrons. The maximum absolute atomic E-state index is 12.3. The smallest absolute Gasteiger partial charge is 0.230 e. The van der Waals surface area contributed by atoms with E-state index in [9.17, 15) is 4.79 Å². The molecular formula is C21H29N3OS. The van der Waals surface area contributed by atoms with Crippen molar-refractivity contribution in [3.05, 3.63) is 36.5 Å². The van der Waals surface area contributed by atoms with E-state index >= 15 is 0 Å². The van der Waals surface area contributed by atoms with Crippen LogP contribution in [-0.4, -0.2) is 27.3 Å². The number of amides is 1. The van der Waals surface area contributed by atoms with Crippen LogP contribution in [0, 0.1) is 5.92 Å². The summed E-state index contributed by atoms with van der Waals surface area (Å²) in [7, 11) is 0. The quantitative estimate of drug-likeness (QED) is 0.637. The van der Waals surface area contributed by atoms with Crippen LogP contribution in [0.4, 0.5) is 0 Å². The van der Waals surface area contributed by atoms with E-state index in [0.717, 1.165) is 23.7 Å². The van der Waals surface area contributed by atoms with Gasteiger partial charge in [-0.15, -0.1) is 0 Å². The average Bonchev–Trinajstić information content (AvgIpc) is 3.38. The van der Waals surface area contributed by atoms with Crippen LogP contribution in [0.2, 0.25) is 0 Å². The number of aromatic nitrogens is 2. The standard InChI is InChI=1S/C21H29N3OS/c1-15(2)9-10-16(3)23-20(25)14-26-21-22-13-19(24(21)18-11-12-18)17-7-5-4-6-8-17/h4-8,13,15-16,18H,9-12,14H2,1-3H3,(H,23,25). The van der Waals surface area contributed by atoms with Crippen molar-refractivity contribution in [1.29, 1.82) is 0 Å². The number of carbonyl (C=O) groups excluding carboxylic acids is 1. The lowest BCUT2D eigenvalue weighted by Gasteiger charge is -2.15. The summed E-state index contributed by atoms with van der Waals surface area (Å²) in [6.07, 6.45) is 6.51. The van der Waals surface area contributed by atoms with Crippen LogP contribution in [0.25, 0.3) is 11.3 Å². The Balaban J connectivity index is 1.60. The molecule has 0 bridgehead atoms. The summed E-state index contributed by atoms with van der Waals surface area (Å²) in [5, 5.41) is 4.07. The third kappa shape index (κ3) is 5.13. The molecule has 1 aromatic carbocycles. The van der Waals surface area contributed by atoms with Gasteiger partial charge in [0, 0.05) is 12.1 Å². The van der Waals surface area contributed by atoms with Gasteiger partial charge in [0.1, 0.15) is 0 Å². The van der Waals surface area contributed by atoms with E-state index in [1.807, 2.05) is 12.3 Å². The monoisotopic (exact) mass is 371 g/mol. The Morgan fingerprint density at radius 1 is 1.23 bits per heavy atom. The SMILES string of the molecule is CC(C)CCC(C)NC(=O)CSc1ncc(-c2ccccc2)n1C1CC1. The molecule has 3 rings (SSSR count). The first-order chi connectivity index (χ1) is 12.5. The van der Waals surface area contributed by atoms with E-state index in [1.54, 1.807) is 11.8 Å². The summed E-state index contributed by atoms with van der Waals surface area (Å²) in [6, 6.07) is 11.1. The highest BCUT2D eigenvalue weighted by Gasteiger charge is 2.29. The van der Waals surface area contributed by atoms with Crippen molar-refractivity contribution in [1.82, 2.24) is 14.9 Å². The molecule has 26 heavy (non-hydrogen) atoms. The second kappa shape index (κ2) is 8.76. The Morgan fingerprint density at radius 2 is 1.96 bits per heavy atom. The first-order valence-corrected chi connectivity index (χ1v) is 10.6. The lowest BCUT2D eigenvalue weighted by Crippen LogP contribution is -2.34. The molecule has 1 amide bonds. The number of nitrogens with one attached hydrogen (secondary N) is 1. The Labute approximate surface area is 160 Å². The molecule has 0 saturated heterocycles. The molecule has 1 heterocycles. The number of hydrogen-bond acceptors (Lipinski definition) is 3. The van der Waals surface area contributed by atoms with Crippen LogP contribution in [0.3, 0.4) is 0 Å². The van der Waals surface area contributed by atoms with E-state index in [4.69, 9.17) is 0 Å². The van der Waals surface area contributed by atoms with Crippen LogP contribution in [0.15, 0.2) is 41.7 Å². The predicted molar refractivity (Wildman–Crippen MR) is 108 cm³/mol. The molecule has 0 aliphatic heterocycles. The van der Waals surface area contributed by atoms with Crippen LogP contribution >= 0.6 is 11.8 Å². The van der Waals surface area contributed by atoms with Gasteiger partial charge < -0.3 is 9.88 Å². The largest absolute Gasteiger partial charge is 0.353 e. The summed E-state index contributed by atoms with van der Waals surface area (Å²) in [5.74, 6) is 1.19. The highest BCUT2D eigenvalue weighted by Crippen LogP contribution is 2.41. The number of hydrogen-bond donors (Lipinski definition) is 1. The van der Waals surface area contributed by atoms with Crippen LogP contribution in [0.1, 0.15) is 52.5 Å². The van der Waals surface area contributed by atoms with E-state index in [0.29, 0.717) is 17.7 Å². The predicted octanol–water partition coefficient (Wildman–Crippen LogP) is 4.92. The van der Waals surface area contributed by atoms with Gasteiger partial charge in [0.05, 0.1) is 17.6 Å². The molecule has 1 fully saturated rings. The first-order valence-electron chi connectivity index (χ1n) is 9.59. The topological polar surface area (TPSA) is 46.9 Å². The highest BCUT2D eigenvalue weighted by atomic mass is 32.2. The van der Waals surface area contributed by atoms with Gasteiger partial charge in [-0.2, -0.15) is 0 Å².